The van der Waals surface area contributed by atoms with Crippen molar-refractivity contribution in [2.75, 3.05) is 13.2 Å². The van der Waals surface area contributed by atoms with Crippen LogP contribution >= 0.6 is 0 Å². The zero-order chi connectivity index (χ0) is 25.0. The normalized spacial score (nSPS) is 19.1. The Morgan fingerprint density at radius 2 is 1.66 bits per heavy atom. The van der Waals surface area contributed by atoms with E-state index in [1.807, 2.05) is 31.2 Å². The van der Waals surface area contributed by atoms with Crippen molar-refractivity contribution in [2.45, 2.75) is 69.9 Å². The fraction of sp³-hybridized carbons (Fsp3) is 0.464. The fourth-order valence-electron chi connectivity index (χ4n) is 5.51. The van der Waals surface area contributed by atoms with Gasteiger partial charge in [0.1, 0.15) is 18.2 Å². The summed E-state index contributed by atoms with van der Waals surface area (Å²) >= 11 is 0. The molecule has 2 aromatic carbocycles. The van der Waals surface area contributed by atoms with Crippen LogP contribution in [-0.4, -0.2) is 52.7 Å². The van der Waals surface area contributed by atoms with Crippen LogP contribution in [0.1, 0.15) is 69.4 Å². The molecule has 0 radical (unpaired) electrons. The number of carbonyl (C=O) groups excluding carboxylic acids is 2. The third-order valence-corrected chi connectivity index (χ3v) is 7.24. The topological polar surface area (TPSA) is 95.9 Å². The molecule has 1 fully saturated rings. The Morgan fingerprint density at radius 1 is 1.03 bits per heavy atom. The lowest BCUT2D eigenvalue weighted by atomic mass is 9.93. The van der Waals surface area contributed by atoms with Gasteiger partial charge in [-0.25, -0.2) is 9.59 Å². The number of nitrogens with one attached hydrogen (secondary N) is 1. The van der Waals surface area contributed by atoms with E-state index in [0.29, 0.717) is 25.8 Å². The smallest absolute Gasteiger partial charge is 0.408 e. The molecule has 1 saturated heterocycles. The molecule has 2 N–H and O–H groups in total. The summed E-state index contributed by atoms with van der Waals surface area (Å²) in [6.07, 6.45) is 3.20. The summed E-state index contributed by atoms with van der Waals surface area (Å²) in [6, 6.07) is 15.3. The number of carbonyl (C=O) groups is 3. The molecule has 0 saturated carbocycles. The Kier molecular flexibility index (Phi) is 7.43. The number of rotatable bonds is 7. The van der Waals surface area contributed by atoms with Gasteiger partial charge in [0, 0.05) is 12.5 Å². The summed E-state index contributed by atoms with van der Waals surface area (Å²) in [6.45, 7) is 4.13. The van der Waals surface area contributed by atoms with Gasteiger partial charge in [0.15, 0.2) is 0 Å². The standard InChI is InChI=1S/C28H34N2O5/c1-3-16-28(2,26(33)30-17-10-4-5-15-24(30)25(31)32)29-27(34)35-18-23-21-13-8-6-11-19(21)20-12-7-9-14-22(20)23/h6-9,11-14,23-24H,3-5,10,15-18H2,1-2H3,(H,29,34)(H,31,32). The van der Waals surface area contributed by atoms with Gasteiger partial charge in [0.2, 0.25) is 5.91 Å². The first kappa shape index (κ1) is 24.8. The van der Waals surface area contributed by atoms with Crippen molar-refractivity contribution < 1.29 is 24.2 Å². The first-order chi connectivity index (χ1) is 16.9. The van der Waals surface area contributed by atoms with Crippen LogP contribution in [0.25, 0.3) is 11.1 Å². The number of nitrogens with zero attached hydrogens (tertiary/aromatic N) is 1. The quantitative estimate of drug-likeness (QED) is 0.588. The third kappa shape index (κ3) is 5.04. The van der Waals surface area contributed by atoms with Crippen molar-refractivity contribution >= 4 is 18.0 Å². The molecule has 0 aromatic heterocycles. The highest BCUT2D eigenvalue weighted by molar-refractivity contribution is 5.92. The lowest BCUT2D eigenvalue weighted by Crippen LogP contribution is -2.60. The molecule has 2 aliphatic rings. The van der Waals surface area contributed by atoms with Crippen molar-refractivity contribution in [2.24, 2.45) is 0 Å². The number of carboxylic acid groups (broad SMARTS) is 1. The van der Waals surface area contributed by atoms with Crippen LogP contribution in [0.3, 0.4) is 0 Å². The first-order valence-corrected chi connectivity index (χ1v) is 12.5. The maximum atomic E-state index is 13.6. The van der Waals surface area contributed by atoms with E-state index in [4.69, 9.17) is 4.74 Å². The summed E-state index contributed by atoms with van der Waals surface area (Å²) in [5.74, 6) is -1.44. The molecule has 7 nitrogen and oxygen atoms in total. The number of amides is 2. The fourth-order valence-corrected chi connectivity index (χ4v) is 5.51. The van der Waals surface area contributed by atoms with Crippen LogP contribution in [-0.2, 0) is 14.3 Å². The van der Waals surface area contributed by atoms with E-state index >= 15 is 0 Å². The van der Waals surface area contributed by atoms with Crippen LogP contribution in [0.2, 0.25) is 0 Å². The van der Waals surface area contributed by atoms with Crippen LogP contribution < -0.4 is 5.32 Å². The second-order valence-electron chi connectivity index (χ2n) is 9.73. The van der Waals surface area contributed by atoms with E-state index in [9.17, 15) is 19.5 Å². The van der Waals surface area contributed by atoms with Crippen LogP contribution in [0, 0.1) is 0 Å². The lowest BCUT2D eigenvalue weighted by Gasteiger charge is -2.37. The molecule has 2 amide bonds. The summed E-state index contributed by atoms with van der Waals surface area (Å²) in [5.41, 5.74) is 3.27. The molecule has 2 atom stereocenters. The van der Waals surface area contributed by atoms with E-state index in [0.717, 1.165) is 41.5 Å². The number of likely N-dealkylation sites (tertiary alicyclic amines) is 1. The minimum absolute atomic E-state index is 0.0803. The highest BCUT2D eigenvalue weighted by Gasteiger charge is 2.42. The summed E-state index contributed by atoms with van der Waals surface area (Å²) in [4.78, 5) is 39.9. The van der Waals surface area contributed by atoms with Gasteiger partial charge < -0.3 is 20.1 Å². The predicted octanol–water partition coefficient (Wildman–Crippen LogP) is 4.94. The summed E-state index contributed by atoms with van der Waals surface area (Å²) in [5, 5.41) is 12.5. The van der Waals surface area contributed by atoms with Crippen molar-refractivity contribution in [1.29, 1.82) is 0 Å². The zero-order valence-electron chi connectivity index (χ0n) is 20.5. The minimum Gasteiger partial charge on any atom is -0.480 e. The molecular weight excluding hydrogens is 444 g/mol. The van der Waals surface area contributed by atoms with Gasteiger partial charge in [-0.1, -0.05) is 74.7 Å². The Bertz CT molecular complexity index is 1050. The molecule has 2 aromatic rings. The van der Waals surface area contributed by atoms with E-state index in [2.05, 4.69) is 29.6 Å². The predicted molar refractivity (Wildman–Crippen MR) is 133 cm³/mol. The minimum atomic E-state index is -1.24. The van der Waals surface area contributed by atoms with E-state index < -0.39 is 23.6 Å². The molecule has 0 bridgehead atoms. The average molecular weight is 479 g/mol. The third-order valence-electron chi connectivity index (χ3n) is 7.24. The highest BCUT2D eigenvalue weighted by Crippen LogP contribution is 2.44. The molecule has 1 heterocycles. The van der Waals surface area contributed by atoms with Gasteiger partial charge in [-0.05, 0) is 48.4 Å². The Hall–Kier alpha value is -3.35. The summed E-state index contributed by atoms with van der Waals surface area (Å²) in [7, 11) is 0. The van der Waals surface area contributed by atoms with Crippen molar-refractivity contribution in [3.63, 3.8) is 0 Å². The molecule has 1 aliphatic carbocycles. The number of carboxylic acids is 1. The molecule has 7 heteroatoms. The molecule has 35 heavy (non-hydrogen) atoms. The van der Waals surface area contributed by atoms with Gasteiger partial charge in [-0.2, -0.15) is 0 Å². The maximum absolute atomic E-state index is 13.6. The molecule has 2 unspecified atom stereocenters. The molecule has 4 rings (SSSR count). The number of hydrogen-bond acceptors (Lipinski definition) is 4. The highest BCUT2D eigenvalue weighted by atomic mass is 16.5. The van der Waals surface area contributed by atoms with Gasteiger partial charge in [-0.3, -0.25) is 4.79 Å². The SMILES string of the molecule is CCCC(C)(NC(=O)OCC1c2ccccc2-c2ccccc21)C(=O)N1CCCCCC1C(=O)O. The number of benzene rings is 2. The van der Waals surface area contributed by atoms with Crippen LogP contribution in [0.15, 0.2) is 48.5 Å². The molecule has 1 aliphatic heterocycles. The van der Waals surface area contributed by atoms with Gasteiger partial charge in [0.05, 0.1) is 0 Å². The van der Waals surface area contributed by atoms with Crippen molar-refractivity contribution in [3.05, 3.63) is 59.7 Å². The lowest BCUT2D eigenvalue weighted by molar-refractivity contribution is -0.153. The number of aliphatic carboxylic acids is 1. The van der Waals surface area contributed by atoms with E-state index in [1.165, 1.54) is 4.90 Å². The molecule has 186 valence electrons. The second-order valence-corrected chi connectivity index (χ2v) is 9.73. The van der Waals surface area contributed by atoms with Gasteiger partial charge in [0.25, 0.3) is 0 Å². The maximum Gasteiger partial charge on any atom is 0.408 e. The second kappa shape index (κ2) is 10.5. The Labute approximate surface area is 206 Å². The largest absolute Gasteiger partial charge is 0.480 e. The number of alkyl carbamates (subject to hydrolysis) is 1. The molecule has 0 spiro atoms. The Balaban J connectivity index is 1.48. The average Bonchev–Trinajstić information content (AvgIpc) is 2.97. The van der Waals surface area contributed by atoms with Crippen LogP contribution in [0.4, 0.5) is 4.79 Å². The number of hydrogen-bond donors (Lipinski definition) is 2. The van der Waals surface area contributed by atoms with E-state index in [1.54, 1.807) is 6.92 Å². The van der Waals surface area contributed by atoms with Crippen LogP contribution in [0.5, 0.6) is 0 Å². The number of fused-ring (bicyclic) bond motifs is 3. The van der Waals surface area contributed by atoms with Gasteiger partial charge >= 0.3 is 12.1 Å². The zero-order valence-corrected chi connectivity index (χ0v) is 20.5. The van der Waals surface area contributed by atoms with Gasteiger partial charge in [-0.15, -0.1) is 0 Å². The first-order valence-electron chi connectivity index (χ1n) is 12.5. The molecular formula is C28H34N2O5. The monoisotopic (exact) mass is 478 g/mol. The van der Waals surface area contributed by atoms with E-state index in [-0.39, 0.29) is 18.4 Å². The number of ether oxygens (including phenoxy) is 1. The summed E-state index contributed by atoms with van der Waals surface area (Å²) < 4.78 is 5.68. The van der Waals surface area contributed by atoms with Crippen molar-refractivity contribution in [3.8, 4) is 11.1 Å². The van der Waals surface area contributed by atoms with Crippen molar-refractivity contribution in [1.82, 2.24) is 10.2 Å². The Morgan fingerprint density at radius 3 is 2.26 bits per heavy atom.